The van der Waals surface area contributed by atoms with Crippen LogP contribution >= 0.6 is 0 Å². The number of benzene rings is 1. The van der Waals surface area contributed by atoms with Crippen molar-refractivity contribution in [1.29, 1.82) is 5.26 Å². The molecule has 1 aromatic rings. The van der Waals surface area contributed by atoms with Gasteiger partial charge in [-0.1, -0.05) is 0 Å². The normalized spacial score (nSPS) is 10.6. The van der Waals surface area contributed by atoms with Crippen molar-refractivity contribution in [1.82, 2.24) is 0 Å². The van der Waals surface area contributed by atoms with Gasteiger partial charge < -0.3 is 15.2 Å². The molecule has 0 saturated heterocycles. The van der Waals surface area contributed by atoms with Crippen molar-refractivity contribution in [3.05, 3.63) is 23.8 Å². The first kappa shape index (κ1) is 18.3. The van der Waals surface area contributed by atoms with Gasteiger partial charge in [0.05, 0.1) is 29.6 Å². The van der Waals surface area contributed by atoms with Gasteiger partial charge >= 0.3 is 12.1 Å². The Labute approximate surface area is 135 Å². The maximum absolute atomic E-state index is 12.4. The lowest BCUT2D eigenvalue weighted by molar-refractivity contribution is -0.141. The van der Waals surface area contributed by atoms with E-state index < -0.39 is 17.7 Å². The minimum absolute atomic E-state index is 0.189. The largest absolute Gasteiger partial charge is 0.465 e. The third-order valence-electron chi connectivity index (χ3n) is 2.66. The maximum atomic E-state index is 12.4. The van der Waals surface area contributed by atoms with Crippen molar-refractivity contribution in [3.63, 3.8) is 0 Å². The lowest BCUT2D eigenvalue weighted by Gasteiger charge is -2.27. The second-order valence-corrected chi connectivity index (χ2v) is 5.76. The van der Waals surface area contributed by atoms with Crippen LogP contribution in [0.25, 0.3) is 0 Å². The van der Waals surface area contributed by atoms with E-state index in [0.29, 0.717) is 5.56 Å². The van der Waals surface area contributed by atoms with Crippen molar-refractivity contribution in [3.8, 4) is 6.07 Å². The Bertz CT molecular complexity index is 629. The van der Waals surface area contributed by atoms with Gasteiger partial charge in [0.1, 0.15) is 12.1 Å². The van der Waals surface area contributed by atoms with E-state index in [1.54, 1.807) is 27.7 Å². The van der Waals surface area contributed by atoms with Gasteiger partial charge in [0.15, 0.2) is 0 Å². The predicted molar refractivity (Wildman–Crippen MR) is 85.8 cm³/mol. The molecule has 1 amide bonds. The molecule has 1 rings (SSSR count). The molecule has 0 fully saturated rings. The summed E-state index contributed by atoms with van der Waals surface area (Å²) < 4.78 is 10.2. The van der Waals surface area contributed by atoms with E-state index in [4.69, 9.17) is 20.5 Å². The third-order valence-corrected chi connectivity index (χ3v) is 2.66. The SMILES string of the molecule is CCOC(=O)CN(C(=O)OC(C)(C)C)c1cc(C#N)ccc1N. The Kier molecular flexibility index (Phi) is 5.96. The molecule has 1 aromatic carbocycles. The number of esters is 1. The van der Waals surface area contributed by atoms with Crippen molar-refractivity contribution in [2.75, 3.05) is 23.8 Å². The van der Waals surface area contributed by atoms with Crippen LogP contribution in [0.3, 0.4) is 0 Å². The predicted octanol–water partition coefficient (Wildman–Crippen LogP) is 2.45. The van der Waals surface area contributed by atoms with Crippen molar-refractivity contribution in [2.45, 2.75) is 33.3 Å². The second kappa shape index (κ2) is 7.49. The van der Waals surface area contributed by atoms with Crippen molar-refractivity contribution in [2.24, 2.45) is 0 Å². The molecule has 0 saturated carbocycles. The number of hydrogen-bond acceptors (Lipinski definition) is 6. The molecular formula is C16H21N3O4. The van der Waals surface area contributed by atoms with Crippen LogP contribution in [0.2, 0.25) is 0 Å². The third kappa shape index (κ3) is 5.51. The highest BCUT2D eigenvalue weighted by molar-refractivity contribution is 5.96. The number of nitrogens with two attached hydrogens (primary N) is 1. The van der Waals surface area contributed by atoms with Gasteiger partial charge in [-0.2, -0.15) is 5.26 Å². The molecule has 0 unspecified atom stereocenters. The molecule has 124 valence electrons. The van der Waals surface area contributed by atoms with Crippen LogP contribution in [-0.4, -0.2) is 30.8 Å². The monoisotopic (exact) mass is 319 g/mol. The fraction of sp³-hybridized carbons (Fsp3) is 0.438. The van der Waals surface area contributed by atoms with E-state index in [0.717, 1.165) is 4.90 Å². The molecule has 23 heavy (non-hydrogen) atoms. The smallest absolute Gasteiger partial charge is 0.415 e. The van der Waals surface area contributed by atoms with E-state index in [2.05, 4.69) is 0 Å². The summed E-state index contributed by atoms with van der Waals surface area (Å²) in [4.78, 5) is 25.3. The van der Waals surface area contributed by atoms with Gasteiger partial charge in [-0.25, -0.2) is 4.79 Å². The summed E-state index contributed by atoms with van der Waals surface area (Å²) in [6.45, 7) is 6.63. The number of nitriles is 1. The summed E-state index contributed by atoms with van der Waals surface area (Å²) in [5.41, 5.74) is 5.93. The Morgan fingerprint density at radius 2 is 2.00 bits per heavy atom. The number of ether oxygens (including phenoxy) is 2. The second-order valence-electron chi connectivity index (χ2n) is 5.76. The van der Waals surface area contributed by atoms with E-state index in [1.807, 2.05) is 6.07 Å². The Balaban J connectivity index is 3.20. The summed E-state index contributed by atoms with van der Waals surface area (Å²) in [5, 5.41) is 9.01. The topological polar surface area (TPSA) is 106 Å². The summed E-state index contributed by atoms with van der Waals surface area (Å²) in [6.07, 6.45) is -0.743. The molecule has 0 aromatic heterocycles. The highest BCUT2D eigenvalue weighted by Gasteiger charge is 2.27. The van der Waals surface area contributed by atoms with Crippen LogP contribution < -0.4 is 10.6 Å². The molecule has 0 atom stereocenters. The van der Waals surface area contributed by atoms with Gasteiger partial charge in [0.2, 0.25) is 0 Å². The highest BCUT2D eigenvalue weighted by Crippen LogP contribution is 2.26. The molecule has 0 aliphatic heterocycles. The number of nitrogens with zero attached hydrogens (tertiary/aromatic N) is 2. The van der Waals surface area contributed by atoms with Crippen LogP contribution in [0, 0.1) is 11.3 Å². The number of rotatable bonds is 4. The summed E-state index contributed by atoms with van der Waals surface area (Å²) in [7, 11) is 0. The number of carbonyl (C=O) groups is 2. The molecule has 0 bridgehead atoms. The van der Waals surface area contributed by atoms with Gasteiger partial charge in [0, 0.05) is 0 Å². The van der Waals surface area contributed by atoms with Gasteiger partial charge in [0.25, 0.3) is 0 Å². The van der Waals surface area contributed by atoms with Gasteiger partial charge in [-0.15, -0.1) is 0 Å². The first-order valence-electron chi connectivity index (χ1n) is 7.13. The van der Waals surface area contributed by atoms with E-state index in [-0.39, 0.29) is 24.5 Å². The molecule has 7 heteroatoms. The standard InChI is InChI=1S/C16H21N3O4/c1-5-22-14(20)10-19(15(21)23-16(2,3)4)13-8-11(9-17)6-7-12(13)18/h6-8H,5,10,18H2,1-4H3. The minimum atomic E-state index is -0.744. The minimum Gasteiger partial charge on any atom is -0.465 e. The van der Waals surface area contributed by atoms with Crippen molar-refractivity contribution >= 4 is 23.4 Å². The zero-order valence-electron chi connectivity index (χ0n) is 13.8. The fourth-order valence-corrected chi connectivity index (χ4v) is 1.75. The summed E-state index contributed by atoms with van der Waals surface area (Å²) >= 11 is 0. The summed E-state index contributed by atoms with van der Waals surface area (Å²) in [6, 6.07) is 6.41. The lowest BCUT2D eigenvalue weighted by atomic mass is 10.1. The molecular weight excluding hydrogens is 298 g/mol. The summed E-state index contributed by atoms with van der Waals surface area (Å²) in [5.74, 6) is -0.597. The molecule has 2 N–H and O–H groups in total. The van der Waals surface area contributed by atoms with E-state index >= 15 is 0 Å². The zero-order chi connectivity index (χ0) is 17.6. The number of anilines is 2. The molecule has 0 heterocycles. The van der Waals surface area contributed by atoms with Crippen LogP contribution in [0.5, 0.6) is 0 Å². The Morgan fingerprint density at radius 3 is 2.52 bits per heavy atom. The quantitative estimate of drug-likeness (QED) is 0.675. The number of hydrogen-bond donors (Lipinski definition) is 1. The Morgan fingerprint density at radius 1 is 1.35 bits per heavy atom. The maximum Gasteiger partial charge on any atom is 0.415 e. The lowest BCUT2D eigenvalue weighted by Crippen LogP contribution is -2.41. The first-order valence-corrected chi connectivity index (χ1v) is 7.13. The van der Waals surface area contributed by atoms with Crippen LogP contribution in [0.15, 0.2) is 18.2 Å². The average molecular weight is 319 g/mol. The van der Waals surface area contributed by atoms with Crippen LogP contribution in [-0.2, 0) is 14.3 Å². The molecule has 0 aliphatic carbocycles. The number of amides is 1. The number of carbonyl (C=O) groups excluding carboxylic acids is 2. The average Bonchev–Trinajstić information content (AvgIpc) is 2.44. The molecule has 0 spiro atoms. The molecule has 0 aliphatic rings. The highest BCUT2D eigenvalue weighted by atomic mass is 16.6. The van der Waals surface area contributed by atoms with E-state index in [9.17, 15) is 9.59 Å². The van der Waals surface area contributed by atoms with Crippen LogP contribution in [0.1, 0.15) is 33.3 Å². The zero-order valence-corrected chi connectivity index (χ0v) is 13.8. The van der Waals surface area contributed by atoms with E-state index in [1.165, 1.54) is 18.2 Å². The Hall–Kier alpha value is -2.75. The van der Waals surface area contributed by atoms with Gasteiger partial charge in [-0.05, 0) is 45.9 Å². The fourth-order valence-electron chi connectivity index (χ4n) is 1.75. The van der Waals surface area contributed by atoms with Gasteiger partial charge in [-0.3, -0.25) is 9.69 Å². The molecule has 7 nitrogen and oxygen atoms in total. The first-order chi connectivity index (χ1) is 10.7. The number of nitrogen functional groups attached to an aromatic ring is 1. The van der Waals surface area contributed by atoms with Crippen molar-refractivity contribution < 1.29 is 19.1 Å². The van der Waals surface area contributed by atoms with Crippen LogP contribution in [0.4, 0.5) is 16.2 Å². The molecule has 0 radical (unpaired) electrons.